The summed E-state index contributed by atoms with van der Waals surface area (Å²) < 4.78 is 62.8. The van der Waals surface area contributed by atoms with Gasteiger partial charge < -0.3 is 4.90 Å². The first-order chi connectivity index (χ1) is 12.2. The lowest BCUT2D eigenvalue weighted by Gasteiger charge is -2.34. The topological polar surface area (TPSA) is 75.2 Å². The van der Waals surface area contributed by atoms with Crippen molar-refractivity contribution in [2.24, 2.45) is 0 Å². The van der Waals surface area contributed by atoms with Crippen molar-refractivity contribution in [1.82, 2.24) is 14.7 Å². The Morgan fingerprint density at radius 3 is 2.54 bits per heavy atom. The predicted molar refractivity (Wildman–Crippen MR) is 91.5 cm³/mol. The fraction of sp³-hybridized carbons (Fsp3) is 0.750. The quantitative estimate of drug-likeness (QED) is 0.832. The average molecular weight is 392 g/mol. The Hall–Kier alpha value is -1.42. The summed E-state index contributed by atoms with van der Waals surface area (Å²) in [6, 6.07) is -0.331. The standard InChI is InChI=1S/C16H23F3N4O2S/c17-16(18,19)7-10-26(24,25)22-12-5-8-23(9-6-12)15-13-3-1-2-4-14(13)20-11-21-15/h11-12,22H,1-10H2. The molecule has 10 heteroatoms. The Kier molecular flexibility index (Phi) is 5.71. The van der Waals surface area contributed by atoms with Crippen LogP contribution < -0.4 is 9.62 Å². The number of anilines is 1. The maximum absolute atomic E-state index is 12.2. The van der Waals surface area contributed by atoms with Crippen LogP contribution in [-0.4, -0.2) is 49.4 Å². The molecular weight excluding hydrogens is 369 g/mol. The van der Waals surface area contributed by atoms with Gasteiger partial charge in [-0.05, 0) is 38.5 Å². The number of aromatic nitrogens is 2. The zero-order valence-electron chi connectivity index (χ0n) is 14.4. The minimum atomic E-state index is -4.47. The van der Waals surface area contributed by atoms with E-state index in [2.05, 4.69) is 19.6 Å². The molecule has 1 aliphatic carbocycles. The van der Waals surface area contributed by atoms with Crippen molar-refractivity contribution >= 4 is 15.8 Å². The minimum absolute atomic E-state index is 0.331. The van der Waals surface area contributed by atoms with Gasteiger partial charge in [0.05, 0.1) is 12.2 Å². The van der Waals surface area contributed by atoms with Crippen molar-refractivity contribution in [3.8, 4) is 0 Å². The van der Waals surface area contributed by atoms with Gasteiger partial charge >= 0.3 is 6.18 Å². The zero-order chi connectivity index (χ0) is 18.8. The highest BCUT2D eigenvalue weighted by Gasteiger charge is 2.32. The summed E-state index contributed by atoms with van der Waals surface area (Å²) in [5, 5.41) is 0. The van der Waals surface area contributed by atoms with Crippen LogP contribution in [0.5, 0.6) is 0 Å². The number of piperidine rings is 1. The lowest BCUT2D eigenvalue weighted by molar-refractivity contribution is -0.130. The number of rotatable bonds is 5. The van der Waals surface area contributed by atoms with Crippen LogP contribution in [0.3, 0.4) is 0 Å². The lowest BCUT2D eigenvalue weighted by Crippen LogP contribution is -2.46. The van der Waals surface area contributed by atoms with Gasteiger partial charge in [0.2, 0.25) is 10.0 Å². The fourth-order valence-corrected chi connectivity index (χ4v) is 4.91. The van der Waals surface area contributed by atoms with Gasteiger partial charge in [0, 0.05) is 30.4 Å². The first-order valence-electron chi connectivity index (χ1n) is 8.88. The molecule has 1 N–H and O–H groups in total. The predicted octanol–water partition coefficient (Wildman–Crippen LogP) is 2.20. The molecule has 0 spiro atoms. The number of nitrogens with zero attached hydrogens (tertiary/aromatic N) is 3. The highest BCUT2D eigenvalue weighted by molar-refractivity contribution is 7.89. The SMILES string of the molecule is O=S(=O)(CCC(F)(F)F)NC1CCN(c2ncnc3c2CCCC3)CC1. The summed E-state index contributed by atoms with van der Waals surface area (Å²) in [7, 11) is -3.93. The minimum Gasteiger partial charge on any atom is -0.356 e. The lowest BCUT2D eigenvalue weighted by atomic mass is 9.95. The normalized spacial score (nSPS) is 19.4. The van der Waals surface area contributed by atoms with Crippen LogP contribution >= 0.6 is 0 Å². The van der Waals surface area contributed by atoms with Gasteiger partial charge in [0.25, 0.3) is 0 Å². The Balaban J connectivity index is 1.57. The maximum Gasteiger partial charge on any atom is 0.390 e. The van der Waals surface area contributed by atoms with E-state index >= 15 is 0 Å². The van der Waals surface area contributed by atoms with Gasteiger partial charge in [0.15, 0.2) is 0 Å². The molecular formula is C16H23F3N4O2S. The molecule has 2 heterocycles. The second-order valence-electron chi connectivity index (χ2n) is 6.89. The van der Waals surface area contributed by atoms with Crippen molar-refractivity contribution in [2.75, 3.05) is 23.7 Å². The first-order valence-corrected chi connectivity index (χ1v) is 10.5. The molecule has 1 fully saturated rings. The van der Waals surface area contributed by atoms with Crippen LogP contribution in [0.15, 0.2) is 6.33 Å². The molecule has 0 bridgehead atoms. The Morgan fingerprint density at radius 1 is 1.15 bits per heavy atom. The molecule has 1 aromatic heterocycles. The van der Waals surface area contributed by atoms with Crippen LogP contribution in [0.25, 0.3) is 0 Å². The van der Waals surface area contributed by atoms with Crippen LogP contribution in [0.4, 0.5) is 19.0 Å². The molecule has 0 unspecified atom stereocenters. The molecule has 3 rings (SSSR count). The average Bonchev–Trinajstić information content (AvgIpc) is 2.60. The van der Waals surface area contributed by atoms with Gasteiger partial charge in [-0.15, -0.1) is 0 Å². The van der Waals surface area contributed by atoms with E-state index in [0.717, 1.165) is 37.2 Å². The highest BCUT2D eigenvalue weighted by atomic mass is 32.2. The van der Waals surface area contributed by atoms with E-state index in [9.17, 15) is 21.6 Å². The van der Waals surface area contributed by atoms with Crippen molar-refractivity contribution in [2.45, 2.75) is 57.2 Å². The number of hydrogen-bond donors (Lipinski definition) is 1. The zero-order valence-corrected chi connectivity index (χ0v) is 15.2. The van der Waals surface area contributed by atoms with Crippen molar-refractivity contribution in [1.29, 1.82) is 0 Å². The monoisotopic (exact) mass is 392 g/mol. The van der Waals surface area contributed by atoms with Gasteiger partial charge in [-0.3, -0.25) is 0 Å². The van der Waals surface area contributed by atoms with Crippen LogP contribution in [0, 0.1) is 0 Å². The number of hydrogen-bond acceptors (Lipinski definition) is 5. The summed E-state index contributed by atoms with van der Waals surface area (Å²) in [6.07, 6.45) is 1.03. The number of halogens is 3. The molecule has 0 radical (unpaired) electrons. The van der Waals surface area contributed by atoms with E-state index in [0.29, 0.717) is 25.9 Å². The van der Waals surface area contributed by atoms with Gasteiger partial charge in [-0.1, -0.05) is 0 Å². The molecule has 26 heavy (non-hydrogen) atoms. The molecule has 0 amide bonds. The molecule has 146 valence electrons. The van der Waals surface area contributed by atoms with E-state index in [-0.39, 0.29) is 6.04 Å². The third-order valence-electron chi connectivity index (χ3n) is 4.90. The second kappa shape index (κ2) is 7.67. The van der Waals surface area contributed by atoms with E-state index < -0.39 is 28.4 Å². The van der Waals surface area contributed by atoms with E-state index in [4.69, 9.17) is 0 Å². The van der Waals surface area contributed by atoms with Gasteiger partial charge in [0.1, 0.15) is 12.1 Å². The molecule has 6 nitrogen and oxygen atoms in total. The third-order valence-corrected chi connectivity index (χ3v) is 6.33. The van der Waals surface area contributed by atoms with E-state index in [1.54, 1.807) is 6.33 Å². The van der Waals surface area contributed by atoms with Crippen molar-refractivity contribution < 1.29 is 21.6 Å². The van der Waals surface area contributed by atoms with Crippen LogP contribution in [0.1, 0.15) is 43.4 Å². The van der Waals surface area contributed by atoms with Crippen molar-refractivity contribution in [3.63, 3.8) is 0 Å². The molecule has 0 atom stereocenters. The van der Waals surface area contributed by atoms with Crippen LogP contribution in [0.2, 0.25) is 0 Å². The van der Waals surface area contributed by atoms with Gasteiger partial charge in [-0.25, -0.2) is 23.1 Å². The molecule has 2 aliphatic rings. The highest BCUT2D eigenvalue weighted by Crippen LogP contribution is 2.29. The smallest absolute Gasteiger partial charge is 0.356 e. The molecule has 1 aliphatic heterocycles. The van der Waals surface area contributed by atoms with Gasteiger partial charge in [-0.2, -0.15) is 13.2 Å². The Morgan fingerprint density at radius 2 is 1.85 bits per heavy atom. The number of fused-ring (bicyclic) bond motifs is 1. The molecule has 0 saturated carbocycles. The maximum atomic E-state index is 12.2. The largest absolute Gasteiger partial charge is 0.390 e. The summed E-state index contributed by atoms with van der Waals surface area (Å²) >= 11 is 0. The Bertz CT molecular complexity index is 732. The Labute approximate surface area is 151 Å². The van der Waals surface area contributed by atoms with Crippen molar-refractivity contribution in [3.05, 3.63) is 17.6 Å². The molecule has 1 saturated heterocycles. The van der Waals surface area contributed by atoms with Crippen LogP contribution in [-0.2, 0) is 22.9 Å². The molecule has 1 aromatic rings. The summed E-state index contributed by atoms with van der Waals surface area (Å²) in [5.41, 5.74) is 2.28. The molecule has 0 aromatic carbocycles. The summed E-state index contributed by atoms with van der Waals surface area (Å²) in [6.45, 7) is 1.24. The summed E-state index contributed by atoms with van der Waals surface area (Å²) in [5.74, 6) is 0.00364. The van der Waals surface area contributed by atoms with E-state index in [1.165, 1.54) is 5.56 Å². The third kappa shape index (κ3) is 5.06. The number of alkyl halides is 3. The second-order valence-corrected chi connectivity index (χ2v) is 8.77. The number of nitrogens with one attached hydrogen (secondary N) is 1. The van der Waals surface area contributed by atoms with E-state index in [1.807, 2.05) is 0 Å². The number of aryl methyl sites for hydroxylation is 1. The number of sulfonamides is 1. The fourth-order valence-electron chi connectivity index (χ4n) is 3.55. The summed E-state index contributed by atoms with van der Waals surface area (Å²) in [4.78, 5) is 10.9. The first kappa shape index (κ1) is 19.3.